The van der Waals surface area contributed by atoms with Gasteiger partial charge in [0.2, 0.25) is 0 Å². The Morgan fingerprint density at radius 2 is 1.71 bits per heavy atom. The highest BCUT2D eigenvalue weighted by Crippen LogP contribution is 2.48. The minimum atomic E-state index is 0.0697. The molecule has 3 heteroatoms. The first kappa shape index (κ1) is 17.3. The molecule has 0 N–H and O–H groups in total. The van der Waals surface area contributed by atoms with E-state index < -0.39 is 0 Å². The number of anilines is 2. The van der Waals surface area contributed by atoms with Gasteiger partial charge in [0.15, 0.2) is 0 Å². The summed E-state index contributed by atoms with van der Waals surface area (Å²) >= 11 is 6.29. The van der Waals surface area contributed by atoms with Crippen molar-refractivity contribution in [1.29, 1.82) is 0 Å². The average Bonchev–Trinajstić information content (AvgIpc) is 2.86. The molecule has 28 heavy (non-hydrogen) atoms. The lowest BCUT2D eigenvalue weighted by atomic mass is 9.80. The largest absolute Gasteiger partial charge is 0.277 e. The predicted octanol–water partition coefficient (Wildman–Crippen LogP) is 6.52. The SMILES string of the molecule is CC1=C2C(=O)N(c3ccccc3)c3ccccc3C2CCc2ccc(Cl)cc21. The minimum Gasteiger partial charge on any atom is -0.277 e. The van der Waals surface area contributed by atoms with E-state index in [1.54, 1.807) is 0 Å². The number of allylic oxidation sites excluding steroid dienone is 1. The van der Waals surface area contributed by atoms with Crippen molar-refractivity contribution in [1.82, 2.24) is 0 Å². The van der Waals surface area contributed by atoms with Crippen LogP contribution in [-0.4, -0.2) is 5.91 Å². The van der Waals surface area contributed by atoms with Gasteiger partial charge in [0.05, 0.1) is 5.69 Å². The highest BCUT2D eigenvalue weighted by molar-refractivity contribution is 6.30. The number of para-hydroxylation sites is 2. The molecule has 1 unspecified atom stereocenters. The van der Waals surface area contributed by atoms with E-state index >= 15 is 0 Å². The van der Waals surface area contributed by atoms with Crippen LogP contribution in [0.4, 0.5) is 11.4 Å². The Labute approximate surface area is 170 Å². The molecular formula is C25H20ClNO. The van der Waals surface area contributed by atoms with Gasteiger partial charge in [0.25, 0.3) is 5.91 Å². The Balaban J connectivity index is 1.78. The zero-order chi connectivity index (χ0) is 19.3. The van der Waals surface area contributed by atoms with Gasteiger partial charge < -0.3 is 0 Å². The van der Waals surface area contributed by atoms with Gasteiger partial charge in [-0.25, -0.2) is 0 Å². The summed E-state index contributed by atoms with van der Waals surface area (Å²) in [7, 11) is 0. The normalized spacial score (nSPS) is 18.3. The van der Waals surface area contributed by atoms with Crippen LogP contribution >= 0.6 is 11.6 Å². The molecular weight excluding hydrogens is 366 g/mol. The van der Waals surface area contributed by atoms with Gasteiger partial charge >= 0.3 is 0 Å². The number of fused-ring (bicyclic) bond motifs is 4. The molecule has 0 bridgehead atoms. The number of carbonyl (C=O) groups is 1. The molecule has 5 rings (SSSR count). The second-order valence-electron chi connectivity index (χ2n) is 7.47. The fourth-order valence-electron chi connectivity index (χ4n) is 4.64. The van der Waals surface area contributed by atoms with E-state index in [1.807, 2.05) is 53.4 Å². The van der Waals surface area contributed by atoms with Crippen LogP contribution in [0.15, 0.2) is 78.4 Å². The highest BCUT2D eigenvalue weighted by Gasteiger charge is 2.39. The van der Waals surface area contributed by atoms with E-state index in [1.165, 1.54) is 11.1 Å². The van der Waals surface area contributed by atoms with Crippen LogP contribution in [0.1, 0.15) is 36.0 Å². The maximum Gasteiger partial charge on any atom is 0.259 e. The van der Waals surface area contributed by atoms with Crippen molar-refractivity contribution >= 4 is 34.5 Å². The number of halogens is 1. The van der Waals surface area contributed by atoms with Crippen molar-refractivity contribution < 1.29 is 4.79 Å². The summed E-state index contributed by atoms with van der Waals surface area (Å²) < 4.78 is 0. The number of benzene rings is 3. The number of carbonyl (C=O) groups excluding carboxylic acids is 1. The molecule has 2 nitrogen and oxygen atoms in total. The fourth-order valence-corrected chi connectivity index (χ4v) is 4.81. The maximum absolute atomic E-state index is 13.8. The molecule has 0 saturated heterocycles. The van der Waals surface area contributed by atoms with E-state index in [4.69, 9.17) is 11.6 Å². The summed E-state index contributed by atoms with van der Waals surface area (Å²) in [5, 5.41) is 0.709. The summed E-state index contributed by atoms with van der Waals surface area (Å²) in [5.41, 5.74) is 7.41. The molecule has 1 aliphatic heterocycles. The van der Waals surface area contributed by atoms with E-state index in [0.29, 0.717) is 5.02 Å². The van der Waals surface area contributed by atoms with Crippen molar-refractivity contribution in [2.75, 3.05) is 4.90 Å². The summed E-state index contributed by atoms with van der Waals surface area (Å²) in [6, 6.07) is 24.3. The Morgan fingerprint density at radius 1 is 0.964 bits per heavy atom. The molecule has 1 aliphatic carbocycles. The van der Waals surface area contributed by atoms with Crippen molar-refractivity contribution in [3.05, 3.63) is 100 Å². The van der Waals surface area contributed by atoms with Crippen LogP contribution in [0.25, 0.3) is 5.57 Å². The van der Waals surface area contributed by atoms with Crippen molar-refractivity contribution in [2.45, 2.75) is 25.7 Å². The summed E-state index contributed by atoms with van der Waals surface area (Å²) in [6.07, 6.45) is 1.86. The molecule has 0 saturated carbocycles. The second-order valence-corrected chi connectivity index (χ2v) is 7.90. The quantitative estimate of drug-likeness (QED) is 0.466. The lowest BCUT2D eigenvalue weighted by Crippen LogP contribution is -2.35. The Hall–Kier alpha value is -2.84. The van der Waals surface area contributed by atoms with E-state index in [0.717, 1.165) is 40.9 Å². The van der Waals surface area contributed by atoms with Crippen molar-refractivity contribution in [3.63, 3.8) is 0 Å². The van der Waals surface area contributed by atoms with Gasteiger partial charge in [-0.1, -0.05) is 54.1 Å². The average molecular weight is 386 g/mol. The molecule has 138 valence electrons. The smallest absolute Gasteiger partial charge is 0.259 e. The molecule has 0 radical (unpaired) electrons. The van der Waals surface area contributed by atoms with Crippen molar-refractivity contribution in [3.8, 4) is 0 Å². The molecule has 3 aromatic rings. The van der Waals surface area contributed by atoms with Crippen LogP contribution in [0.2, 0.25) is 5.02 Å². The predicted molar refractivity (Wildman–Crippen MR) is 115 cm³/mol. The second kappa shape index (κ2) is 6.65. The van der Waals surface area contributed by atoms with Gasteiger partial charge in [-0.2, -0.15) is 0 Å². The molecule has 0 aromatic heterocycles. The van der Waals surface area contributed by atoms with Gasteiger partial charge in [0, 0.05) is 22.2 Å². The van der Waals surface area contributed by atoms with E-state index in [2.05, 4.69) is 31.2 Å². The van der Waals surface area contributed by atoms with Crippen molar-refractivity contribution in [2.24, 2.45) is 0 Å². The molecule has 1 atom stereocenters. The third-order valence-electron chi connectivity index (χ3n) is 5.93. The van der Waals surface area contributed by atoms with Crippen LogP contribution in [0, 0.1) is 0 Å². The van der Waals surface area contributed by atoms with Gasteiger partial charge in [-0.15, -0.1) is 0 Å². The van der Waals surface area contributed by atoms with Crippen LogP contribution in [0.3, 0.4) is 0 Å². The van der Waals surface area contributed by atoms with Gasteiger partial charge in [0.1, 0.15) is 0 Å². The number of amides is 1. The summed E-state index contributed by atoms with van der Waals surface area (Å²) in [5.74, 6) is 0.176. The molecule has 0 fully saturated rings. The Bertz CT molecular complexity index is 1120. The first-order valence-corrected chi connectivity index (χ1v) is 10.0. The number of rotatable bonds is 1. The topological polar surface area (TPSA) is 20.3 Å². The van der Waals surface area contributed by atoms with E-state index in [9.17, 15) is 4.79 Å². The number of aryl methyl sites for hydroxylation is 1. The van der Waals surface area contributed by atoms with Gasteiger partial charge in [-0.3, -0.25) is 9.69 Å². The highest BCUT2D eigenvalue weighted by atomic mass is 35.5. The zero-order valence-corrected chi connectivity index (χ0v) is 16.4. The molecule has 1 heterocycles. The Morgan fingerprint density at radius 3 is 2.54 bits per heavy atom. The first-order valence-electron chi connectivity index (χ1n) is 9.63. The van der Waals surface area contributed by atoms with Crippen LogP contribution in [-0.2, 0) is 11.2 Å². The monoisotopic (exact) mass is 385 g/mol. The third kappa shape index (κ3) is 2.60. The zero-order valence-electron chi connectivity index (χ0n) is 15.7. The number of hydrogen-bond acceptors (Lipinski definition) is 1. The van der Waals surface area contributed by atoms with Crippen LogP contribution < -0.4 is 4.90 Å². The fraction of sp³-hybridized carbons (Fsp3) is 0.160. The minimum absolute atomic E-state index is 0.0697. The number of nitrogens with zero attached hydrogens (tertiary/aromatic N) is 1. The maximum atomic E-state index is 13.8. The Kier molecular flexibility index (Phi) is 4.10. The van der Waals surface area contributed by atoms with Crippen LogP contribution in [0.5, 0.6) is 0 Å². The van der Waals surface area contributed by atoms with E-state index in [-0.39, 0.29) is 11.8 Å². The third-order valence-corrected chi connectivity index (χ3v) is 6.17. The summed E-state index contributed by atoms with van der Waals surface area (Å²) in [4.78, 5) is 15.7. The first-order chi connectivity index (χ1) is 13.6. The number of hydrogen-bond donors (Lipinski definition) is 0. The standard InChI is InChI=1S/C25H20ClNO/c1-16-22-15-18(26)13-11-17(22)12-14-21-20-9-5-6-10-23(20)27(25(28)24(16)21)19-7-3-2-4-8-19/h2-11,13,15,21H,12,14H2,1H3. The molecule has 2 aliphatic rings. The van der Waals surface area contributed by atoms with Gasteiger partial charge in [-0.05, 0) is 72.4 Å². The molecule has 0 spiro atoms. The lowest BCUT2D eigenvalue weighted by molar-refractivity contribution is -0.114. The lowest BCUT2D eigenvalue weighted by Gasteiger charge is -2.36. The summed E-state index contributed by atoms with van der Waals surface area (Å²) in [6.45, 7) is 2.07. The molecule has 1 amide bonds. The molecule has 3 aromatic carbocycles.